The van der Waals surface area contributed by atoms with Crippen molar-refractivity contribution in [1.29, 1.82) is 0 Å². The molecule has 0 amide bonds. The fraction of sp³-hybridized carbons (Fsp3) is 0.0435. The zero-order chi connectivity index (χ0) is 32.1. The number of pyridine rings is 1. The lowest BCUT2D eigenvalue weighted by molar-refractivity contribution is 0.953. The Bertz CT molecular complexity index is 2980. The molecule has 0 atom stereocenters. The van der Waals surface area contributed by atoms with Gasteiger partial charge in [-0.25, -0.2) is 0 Å². The molecule has 0 unspecified atom stereocenters. The van der Waals surface area contributed by atoms with Crippen molar-refractivity contribution >= 4 is 71.2 Å². The number of benzene rings is 8. The van der Waals surface area contributed by atoms with Gasteiger partial charge < -0.3 is 4.57 Å². The summed E-state index contributed by atoms with van der Waals surface area (Å²) < 4.78 is 2.44. The van der Waals surface area contributed by atoms with Crippen LogP contribution in [-0.4, -0.2) is 22.3 Å². The molecule has 0 fully saturated rings. The second-order valence-corrected chi connectivity index (χ2v) is 13.2. The first kappa shape index (κ1) is 26.7. The van der Waals surface area contributed by atoms with Gasteiger partial charge in [-0.15, -0.1) is 0 Å². The van der Waals surface area contributed by atoms with Gasteiger partial charge in [-0.2, -0.15) is 0 Å². The van der Waals surface area contributed by atoms with E-state index in [0.29, 0.717) is 0 Å². The SMILES string of the molecule is C1=NCCc2cccc(-c3ccc(-c4ccc5ccc6c(-n7c8ccccc8c8c9ncccc9ccc87)ccc7ccc4c5c76)cc3)c21. The molecule has 0 bridgehead atoms. The highest BCUT2D eigenvalue weighted by Crippen LogP contribution is 2.44. The van der Waals surface area contributed by atoms with E-state index < -0.39 is 0 Å². The molecule has 0 saturated carbocycles. The Morgan fingerprint density at radius 1 is 0.490 bits per heavy atom. The molecule has 2 aromatic heterocycles. The van der Waals surface area contributed by atoms with Crippen molar-refractivity contribution in [3.05, 3.63) is 157 Å². The molecule has 49 heavy (non-hydrogen) atoms. The summed E-state index contributed by atoms with van der Waals surface area (Å²) >= 11 is 0. The number of hydrogen-bond acceptors (Lipinski definition) is 2. The smallest absolute Gasteiger partial charge is 0.0802 e. The molecule has 11 rings (SSSR count). The number of fused-ring (bicyclic) bond motifs is 6. The van der Waals surface area contributed by atoms with E-state index in [1.807, 2.05) is 12.3 Å². The molecule has 228 valence electrons. The normalized spacial score (nSPS) is 13.1. The number of para-hydroxylation sites is 1. The Kier molecular flexibility index (Phi) is 5.50. The van der Waals surface area contributed by atoms with Gasteiger partial charge in [-0.05, 0) is 85.4 Å². The molecule has 0 N–H and O–H groups in total. The van der Waals surface area contributed by atoms with Crippen LogP contribution in [0.25, 0.3) is 93.0 Å². The maximum atomic E-state index is 4.86. The molecule has 0 spiro atoms. The van der Waals surface area contributed by atoms with Crippen LogP contribution in [0.15, 0.2) is 151 Å². The first-order valence-electron chi connectivity index (χ1n) is 17.0. The van der Waals surface area contributed by atoms with Crippen LogP contribution in [0.1, 0.15) is 11.1 Å². The van der Waals surface area contributed by atoms with Crippen LogP contribution >= 0.6 is 0 Å². The van der Waals surface area contributed by atoms with Crippen molar-refractivity contribution in [2.45, 2.75) is 6.42 Å². The van der Waals surface area contributed by atoms with Crippen molar-refractivity contribution < 1.29 is 0 Å². The molecule has 1 aliphatic rings. The second-order valence-electron chi connectivity index (χ2n) is 13.2. The second kappa shape index (κ2) is 10.1. The minimum absolute atomic E-state index is 0.874. The molecule has 3 nitrogen and oxygen atoms in total. The maximum Gasteiger partial charge on any atom is 0.0802 e. The standard InChI is InChI=1S/C46H29N3/c1-2-9-40-37(7-1)45-42(23-18-33-6-4-25-48-46(33)45)49(40)41-22-17-32-15-20-36-35(19-14-31-16-21-38(41)44(32)43(31)36)30-12-10-29(11-13-30)34-8-3-5-28-24-26-47-27-39(28)34/h1-23,25,27H,24,26H2. The molecule has 3 heteroatoms. The summed E-state index contributed by atoms with van der Waals surface area (Å²) in [6.07, 6.45) is 4.96. The van der Waals surface area contributed by atoms with E-state index in [0.717, 1.165) is 23.9 Å². The molecule has 0 saturated heterocycles. The Morgan fingerprint density at radius 2 is 1.24 bits per heavy atom. The summed E-state index contributed by atoms with van der Waals surface area (Å²) in [4.78, 5) is 9.44. The first-order chi connectivity index (χ1) is 24.3. The summed E-state index contributed by atoms with van der Waals surface area (Å²) in [7, 11) is 0. The predicted octanol–water partition coefficient (Wildman–Crippen LogP) is 11.5. The molecule has 1 aliphatic heterocycles. The summed E-state index contributed by atoms with van der Waals surface area (Å²) in [5.41, 5.74) is 12.2. The van der Waals surface area contributed by atoms with E-state index in [1.54, 1.807) is 0 Å². The van der Waals surface area contributed by atoms with Gasteiger partial charge in [0.15, 0.2) is 0 Å². The highest BCUT2D eigenvalue weighted by atomic mass is 15.0. The Labute approximate surface area is 282 Å². The number of rotatable bonds is 3. The Morgan fingerprint density at radius 3 is 2.14 bits per heavy atom. The lowest BCUT2D eigenvalue weighted by Gasteiger charge is -2.18. The Hall–Kier alpha value is -6.32. The maximum absolute atomic E-state index is 4.86. The van der Waals surface area contributed by atoms with Crippen LogP contribution in [0.5, 0.6) is 0 Å². The lowest BCUT2D eigenvalue weighted by atomic mass is 9.88. The van der Waals surface area contributed by atoms with Crippen molar-refractivity contribution in [2.75, 3.05) is 6.54 Å². The molecule has 3 heterocycles. The van der Waals surface area contributed by atoms with Gasteiger partial charge in [0.2, 0.25) is 0 Å². The van der Waals surface area contributed by atoms with E-state index in [1.165, 1.54) is 93.2 Å². The minimum atomic E-state index is 0.874. The zero-order valence-corrected chi connectivity index (χ0v) is 26.7. The first-order valence-corrected chi connectivity index (χ1v) is 17.0. The van der Waals surface area contributed by atoms with Gasteiger partial charge in [-0.1, -0.05) is 115 Å². The molecule has 0 aliphatic carbocycles. The molecular weight excluding hydrogens is 595 g/mol. The largest absolute Gasteiger partial charge is 0.309 e. The van der Waals surface area contributed by atoms with Crippen LogP contribution < -0.4 is 0 Å². The molecular formula is C46H29N3. The van der Waals surface area contributed by atoms with Crippen LogP contribution in [0.2, 0.25) is 0 Å². The van der Waals surface area contributed by atoms with E-state index in [2.05, 4.69) is 149 Å². The van der Waals surface area contributed by atoms with Crippen LogP contribution in [-0.2, 0) is 6.42 Å². The molecule has 0 radical (unpaired) electrons. The van der Waals surface area contributed by atoms with Gasteiger partial charge in [0, 0.05) is 46.1 Å². The zero-order valence-electron chi connectivity index (χ0n) is 26.7. The van der Waals surface area contributed by atoms with E-state index in [4.69, 9.17) is 4.98 Å². The fourth-order valence-electron chi connectivity index (χ4n) is 8.49. The molecule has 8 aromatic carbocycles. The monoisotopic (exact) mass is 623 g/mol. The van der Waals surface area contributed by atoms with Crippen molar-refractivity contribution in [1.82, 2.24) is 9.55 Å². The minimum Gasteiger partial charge on any atom is -0.309 e. The molecule has 10 aromatic rings. The van der Waals surface area contributed by atoms with E-state index in [9.17, 15) is 0 Å². The average molecular weight is 624 g/mol. The fourth-order valence-corrected chi connectivity index (χ4v) is 8.49. The highest BCUT2D eigenvalue weighted by Gasteiger charge is 2.20. The Balaban J connectivity index is 1.13. The number of aromatic nitrogens is 2. The van der Waals surface area contributed by atoms with Gasteiger partial charge in [0.25, 0.3) is 0 Å². The van der Waals surface area contributed by atoms with Crippen LogP contribution in [0.3, 0.4) is 0 Å². The third-order valence-corrected chi connectivity index (χ3v) is 10.7. The van der Waals surface area contributed by atoms with Gasteiger partial charge in [-0.3, -0.25) is 9.98 Å². The van der Waals surface area contributed by atoms with Crippen LogP contribution in [0.4, 0.5) is 0 Å². The van der Waals surface area contributed by atoms with Crippen molar-refractivity contribution in [3.63, 3.8) is 0 Å². The summed E-state index contributed by atoms with van der Waals surface area (Å²) in [6.45, 7) is 0.874. The average Bonchev–Trinajstić information content (AvgIpc) is 3.51. The van der Waals surface area contributed by atoms with Gasteiger partial charge in [0.1, 0.15) is 0 Å². The predicted molar refractivity (Wildman–Crippen MR) is 207 cm³/mol. The summed E-state index contributed by atoms with van der Waals surface area (Å²) in [5, 5.41) is 11.3. The quantitative estimate of drug-likeness (QED) is 0.180. The highest BCUT2D eigenvalue weighted by molar-refractivity contribution is 6.28. The van der Waals surface area contributed by atoms with Gasteiger partial charge >= 0.3 is 0 Å². The summed E-state index contributed by atoms with van der Waals surface area (Å²) in [5.74, 6) is 0. The van der Waals surface area contributed by atoms with E-state index >= 15 is 0 Å². The lowest BCUT2D eigenvalue weighted by Crippen LogP contribution is -2.04. The number of hydrogen-bond donors (Lipinski definition) is 0. The number of aliphatic imine (C=N–C) groups is 1. The topological polar surface area (TPSA) is 30.2 Å². The van der Waals surface area contributed by atoms with Gasteiger partial charge in [0.05, 0.1) is 22.2 Å². The third kappa shape index (κ3) is 3.78. The summed E-state index contributed by atoms with van der Waals surface area (Å²) in [6, 6.07) is 51.5. The van der Waals surface area contributed by atoms with E-state index in [-0.39, 0.29) is 0 Å². The van der Waals surface area contributed by atoms with Crippen LogP contribution in [0, 0.1) is 0 Å². The van der Waals surface area contributed by atoms with Crippen molar-refractivity contribution in [2.24, 2.45) is 4.99 Å². The number of nitrogens with zero attached hydrogens (tertiary/aromatic N) is 3. The van der Waals surface area contributed by atoms with Crippen molar-refractivity contribution in [3.8, 4) is 27.9 Å². The third-order valence-electron chi connectivity index (χ3n) is 10.7.